The van der Waals surface area contributed by atoms with Crippen molar-refractivity contribution in [1.82, 2.24) is 20.9 Å². The summed E-state index contributed by atoms with van der Waals surface area (Å²) in [7, 11) is 1.72. The van der Waals surface area contributed by atoms with Crippen molar-refractivity contribution in [2.45, 2.75) is 90.4 Å². The van der Waals surface area contributed by atoms with E-state index in [0.29, 0.717) is 24.8 Å². The van der Waals surface area contributed by atoms with Crippen LogP contribution in [0.5, 0.6) is 0 Å². The second kappa shape index (κ2) is 10.3. The summed E-state index contributed by atoms with van der Waals surface area (Å²) in [6.45, 7) is 8.25. The lowest BCUT2D eigenvalue weighted by Crippen LogP contribution is -2.59. The number of likely N-dealkylation sites (N-methyl/N-ethyl adjacent to an activating group) is 1. The van der Waals surface area contributed by atoms with Crippen molar-refractivity contribution in [1.29, 1.82) is 0 Å². The minimum Gasteiger partial charge on any atom is -0.347 e. The van der Waals surface area contributed by atoms with Crippen molar-refractivity contribution in [3.8, 4) is 0 Å². The third-order valence-corrected chi connectivity index (χ3v) is 8.12. The van der Waals surface area contributed by atoms with Crippen LogP contribution in [0.25, 0.3) is 0 Å². The Morgan fingerprint density at radius 3 is 2.43 bits per heavy atom. The molecule has 0 spiro atoms. The summed E-state index contributed by atoms with van der Waals surface area (Å²) < 4.78 is 0. The lowest BCUT2D eigenvalue weighted by Gasteiger charge is -2.36. The molecule has 2 aliphatic carbocycles. The first-order valence-electron chi connectivity index (χ1n) is 13.3. The van der Waals surface area contributed by atoms with Gasteiger partial charge in [-0.15, -0.1) is 0 Å². The fraction of sp³-hybridized carbons (Fsp3) is 0.679. The van der Waals surface area contributed by atoms with Crippen molar-refractivity contribution in [2.24, 2.45) is 17.3 Å². The Morgan fingerprint density at radius 1 is 1.06 bits per heavy atom. The number of nitrogens with zero attached hydrogens (tertiary/aromatic N) is 1. The average Bonchev–Trinajstić information content (AvgIpc) is 3.58. The highest BCUT2D eigenvalue weighted by atomic mass is 16.2. The van der Waals surface area contributed by atoms with Crippen molar-refractivity contribution in [3.05, 3.63) is 35.4 Å². The van der Waals surface area contributed by atoms with Gasteiger partial charge in [-0.25, -0.2) is 0 Å². The molecule has 1 aromatic carbocycles. The number of rotatable bonds is 7. The molecular formula is C28H42N4O3. The number of amides is 3. The standard InChI is InChI=1S/C28H42N4O3/c1-17(29-5)25(33)31-24(28(2,3)4)27(35)32-16-20(18-13-14-18)15-23(32)26(34)30-22-12-8-10-19-9-6-7-11-21(19)22/h6-7,9,11,17-18,20,22-24,29H,8,10,12-16H2,1-5H3,(H,30,34)(H,31,33)/t17-,20-,22?,23?,24+/m0/s1. The third kappa shape index (κ3) is 5.71. The van der Waals surface area contributed by atoms with Gasteiger partial charge in [-0.1, -0.05) is 45.0 Å². The van der Waals surface area contributed by atoms with Crippen molar-refractivity contribution >= 4 is 17.7 Å². The van der Waals surface area contributed by atoms with E-state index in [1.165, 1.54) is 24.0 Å². The van der Waals surface area contributed by atoms with Gasteiger partial charge < -0.3 is 20.9 Å². The summed E-state index contributed by atoms with van der Waals surface area (Å²) in [5, 5.41) is 9.21. The molecule has 5 atom stereocenters. The van der Waals surface area contributed by atoms with Gasteiger partial charge in [-0.3, -0.25) is 14.4 Å². The molecule has 1 aliphatic heterocycles. The molecule has 0 radical (unpaired) electrons. The van der Waals surface area contributed by atoms with Crippen LogP contribution in [0, 0.1) is 17.3 Å². The quantitative estimate of drug-likeness (QED) is 0.557. The molecule has 0 aromatic heterocycles. The average molecular weight is 483 g/mol. The van der Waals surface area contributed by atoms with Gasteiger partial charge in [0.1, 0.15) is 12.1 Å². The van der Waals surface area contributed by atoms with Gasteiger partial charge in [0.05, 0.1) is 12.1 Å². The normalized spacial score (nSPS) is 26.0. The summed E-state index contributed by atoms with van der Waals surface area (Å²) in [6, 6.07) is 6.72. The fourth-order valence-corrected chi connectivity index (χ4v) is 5.65. The SMILES string of the molecule is CN[C@@H](C)C(=O)N[C@H](C(=O)N1C[C@@H](C2CC2)CC1C(=O)NC1CCCc2ccccc21)C(C)(C)C. The number of hydrogen-bond donors (Lipinski definition) is 3. The Kier molecular flexibility index (Phi) is 7.55. The number of fused-ring (bicyclic) bond motifs is 1. The Hall–Kier alpha value is -2.41. The number of hydrogen-bond acceptors (Lipinski definition) is 4. The summed E-state index contributed by atoms with van der Waals surface area (Å²) >= 11 is 0. The molecule has 35 heavy (non-hydrogen) atoms. The molecule has 4 rings (SSSR count). The highest BCUT2D eigenvalue weighted by Crippen LogP contribution is 2.44. The Balaban J connectivity index is 1.54. The Bertz CT molecular complexity index is 952. The number of likely N-dealkylation sites (tertiary alicyclic amines) is 1. The van der Waals surface area contributed by atoms with E-state index in [4.69, 9.17) is 0 Å². The maximum absolute atomic E-state index is 13.9. The van der Waals surface area contributed by atoms with Gasteiger partial charge >= 0.3 is 0 Å². The van der Waals surface area contributed by atoms with Crippen LogP contribution in [-0.4, -0.2) is 54.3 Å². The number of aryl methyl sites for hydroxylation is 1. The van der Waals surface area contributed by atoms with Gasteiger partial charge in [0.2, 0.25) is 17.7 Å². The molecule has 7 nitrogen and oxygen atoms in total. The van der Waals surface area contributed by atoms with Crippen molar-refractivity contribution in [2.75, 3.05) is 13.6 Å². The van der Waals surface area contributed by atoms with Gasteiger partial charge in [0.15, 0.2) is 0 Å². The van der Waals surface area contributed by atoms with E-state index in [1.54, 1.807) is 18.9 Å². The minimum atomic E-state index is -0.700. The number of nitrogens with one attached hydrogen (secondary N) is 3. The molecule has 3 aliphatic rings. The van der Waals surface area contributed by atoms with E-state index in [1.807, 2.05) is 26.8 Å². The predicted molar refractivity (Wildman–Crippen MR) is 137 cm³/mol. The number of carbonyl (C=O) groups excluding carboxylic acids is 3. The summed E-state index contributed by atoms with van der Waals surface area (Å²) in [6.07, 6.45) is 6.05. The van der Waals surface area contributed by atoms with Crippen LogP contribution in [0.4, 0.5) is 0 Å². The van der Waals surface area contributed by atoms with Crippen LogP contribution >= 0.6 is 0 Å². The summed E-state index contributed by atoms with van der Waals surface area (Å²) in [5.74, 6) is 0.525. The van der Waals surface area contributed by atoms with Crippen LogP contribution in [-0.2, 0) is 20.8 Å². The molecule has 0 bridgehead atoms. The van der Waals surface area contributed by atoms with E-state index in [2.05, 4.69) is 34.1 Å². The monoisotopic (exact) mass is 482 g/mol. The second-order valence-corrected chi connectivity index (χ2v) is 11.8. The van der Waals surface area contributed by atoms with E-state index in [9.17, 15) is 14.4 Å². The van der Waals surface area contributed by atoms with Gasteiger partial charge in [-0.2, -0.15) is 0 Å². The highest BCUT2D eigenvalue weighted by Gasteiger charge is 2.48. The van der Waals surface area contributed by atoms with Crippen molar-refractivity contribution in [3.63, 3.8) is 0 Å². The first kappa shape index (κ1) is 25.7. The third-order valence-electron chi connectivity index (χ3n) is 8.12. The van der Waals surface area contributed by atoms with Crippen LogP contribution in [0.15, 0.2) is 24.3 Å². The first-order valence-corrected chi connectivity index (χ1v) is 13.3. The van der Waals surface area contributed by atoms with E-state index in [-0.39, 0.29) is 23.8 Å². The lowest BCUT2D eigenvalue weighted by atomic mass is 9.85. The smallest absolute Gasteiger partial charge is 0.246 e. The Labute approximate surface area is 209 Å². The lowest BCUT2D eigenvalue weighted by molar-refractivity contribution is -0.144. The van der Waals surface area contributed by atoms with E-state index in [0.717, 1.165) is 19.3 Å². The molecular weight excluding hydrogens is 440 g/mol. The molecule has 1 saturated carbocycles. The maximum atomic E-state index is 13.9. The maximum Gasteiger partial charge on any atom is 0.246 e. The van der Waals surface area contributed by atoms with Crippen LogP contribution in [0.2, 0.25) is 0 Å². The predicted octanol–water partition coefficient (Wildman–Crippen LogP) is 2.95. The first-order chi connectivity index (χ1) is 16.6. The molecule has 1 saturated heterocycles. The molecule has 7 heteroatoms. The van der Waals surface area contributed by atoms with E-state index < -0.39 is 23.5 Å². The fourth-order valence-electron chi connectivity index (χ4n) is 5.65. The van der Waals surface area contributed by atoms with Gasteiger partial charge in [-0.05, 0) is 80.9 Å². The van der Waals surface area contributed by atoms with Crippen molar-refractivity contribution < 1.29 is 14.4 Å². The van der Waals surface area contributed by atoms with Crippen LogP contribution < -0.4 is 16.0 Å². The van der Waals surface area contributed by atoms with Gasteiger partial charge in [0.25, 0.3) is 0 Å². The molecule has 3 N–H and O–H groups in total. The topological polar surface area (TPSA) is 90.5 Å². The highest BCUT2D eigenvalue weighted by molar-refractivity contribution is 5.94. The summed E-state index contributed by atoms with van der Waals surface area (Å²) in [4.78, 5) is 42.1. The molecule has 2 fully saturated rings. The van der Waals surface area contributed by atoms with Crippen LogP contribution in [0.3, 0.4) is 0 Å². The van der Waals surface area contributed by atoms with Gasteiger partial charge in [0, 0.05) is 6.54 Å². The van der Waals surface area contributed by atoms with E-state index >= 15 is 0 Å². The Morgan fingerprint density at radius 2 is 1.77 bits per heavy atom. The zero-order valence-corrected chi connectivity index (χ0v) is 21.9. The van der Waals surface area contributed by atoms with Crippen LogP contribution in [0.1, 0.15) is 77.0 Å². The molecule has 1 aromatic rings. The summed E-state index contributed by atoms with van der Waals surface area (Å²) in [5.41, 5.74) is 2.01. The molecule has 1 heterocycles. The molecule has 2 unspecified atom stereocenters. The largest absolute Gasteiger partial charge is 0.347 e. The molecule has 3 amide bonds. The minimum absolute atomic E-state index is 0.0148. The number of carbonyl (C=O) groups is 3. The second-order valence-electron chi connectivity index (χ2n) is 11.8. The molecule has 192 valence electrons. The zero-order valence-electron chi connectivity index (χ0n) is 21.9. The number of benzene rings is 1. The zero-order chi connectivity index (χ0) is 25.3.